The monoisotopic (exact) mass is 260 g/mol. The van der Waals surface area contributed by atoms with Gasteiger partial charge in [-0.25, -0.2) is 0 Å². The minimum absolute atomic E-state index is 0.491. The summed E-state index contributed by atoms with van der Waals surface area (Å²) in [7, 11) is 2.11. The molecule has 1 aromatic heterocycles. The van der Waals surface area contributed by atoms with Crippen LogP contribution in [0.3, 0.4) is 0 Å². The summed E-state index contributed by atoms with van der Waals surface area (Å²) in [5.41, 5.74) is 3.70. The summed E-state index contributed by atoms with van der Waals surface area (Å²) >= 11 is 0. The van der Waals surface area contributed by atoms with Crippen LogP contribution in [-0.4, -0.2) is 12.0 Å². The lowest BCUT2D eigenvalue weighted by atomic mass is 9.72. The van der Waals surface area contributed by atoms with Crippen LogP contribution in [0.5, 0.6) is 0 Å². The molecule has 3 unspecified atom stereocenters. The Morgan fingerprint density at radius 1 is 1.21 bits per heavy atom. The summed E-state index contributed by atoms with van der Waals surface area (Å²) in [6.07, 6.45) is 6.89. The summed E-state index contributed by atoms with van der Waals surface area (Å²) < 4.78 is 0. The first kappa shape index (κ1) is 14.5. The van der Waals surface area contributed by atoms with Crippen molar-refractivity contribution in [1.29, 1.82) is 0 Å². The van der Waals surface area contributed by atoms with E-state index in [1.54, 1.807) is 0 Å². The second kappa shape index (κ2) is 6.51. The van der Waals surface area contributed by atoms with Gasteiger partial charge in [-0.15, -0.1) is 0 Å². The van der Waals surface area contributed by atoms with E-state index in [0.29, 0.717) is 6.04 Å². The van der Waals surface area contributed by atoms with Gasteiger partial charge in [0.25, 0.3) is 0 Å². The van der Waals surface area contributed by atoms with Gasteiger partial charge >= 0.3 is 0 Å². The molecule has 1 aromatic rings. The molecule has 106 valence electrons. The Morgan fingerprint density at radius 2 is 1.84 bits per heavy atom. The summed E-state index contributed by atoms with van der Waals surface area (Å²) in [4.78, 5) is 4.51. The average Bonchev–Trinajstić information content (AvgIpc) is 2.39. The number of aromatic nitrogens is 1. The van der Waals surface area contributed by atoms with Crippen molar-refractivity contribution < 1.29 is 0 Å². The Bertz CT molecular complexity index is 393. The molecule has 1 aliphatic carbocycles. The molecule has 1 saturated carbocycles. The molecule has 1 aliphatic rings. The molecule has 0 spiro atoms. The van der Waals surface area contributed by atoms with Crippen LogP contribution in [0.4, 0.5) is 0 Å². The minimum atomic E-state index is 0.491. The van der Waals surface area contributed by atoms with Crippen molar-refractivity contribution in [3.05, 3.63) is 29.1 Å². The molecule has 2 rings (SSSR count). The molecule has 1 heterocycles. The first-order valence-corrected chi connectivity index (χ1v) is 7.78. The van der Waals surface area contributed by atoms with Crippen molar-refractivity contribution in [2.45, 2.75) is 58.9 Å². The molecule has 0 amide bonds. The van der Waals surface area contributed by atoms with Crippen LogP contribution in [0.25, 0.3) is 0 Å². The fourth-order valence-electron chi connectivity index (χ4n) is 3.86. The van der Waals surface area contributed by atoms with Crippen LogP contribution >= 0.6 is 0 Å². The quantitative estimate of drug-likeness (QED) is 0.878. The van der Waals surface area contributed by atoms with Crippen LogP contribution in [0.2, 0.25) is 0 Å². The smallest absolute Gasteiger partial charge is 0.0379 e. The molecule has 2 heteroatoms. The molecule has 2 nitrogen and oxygen atoms in total. The van der Waals surface area contributed by atoms with Gasteiger partial charge in [0, 0.05) is 17.4 Å². The normalized spacial score (nSPS) is 25.3. The highest BCUT2D eigenvalue weighted by molar-refractivity contribution is 5.24. The Kier molecular flexibility index (Phi) is 4.98. The lowest BCUT2D eigenvalue weighted by Gasteiger charge is -2.37. The van der Waals surface area contributed by atoms with Crippen LogP contribution in [0.1, 0.15) is 62.0 Å². The first-order valence-electron chi connectivity index (χ1n) is 7.78. The van der Waals surface area contributed by atoms with E-state index in [2.05, 4.69) is 50.3 Å². The van der Waals surface area contributed by atoms with E-state index < -0.39 is 0 Å². The number of nitrogens with one attached hydrogen (secondary N) is 1. The van der Waals surface area contributed by atoms with Gasteiger partial charge in [-0.1, -0.05) is 32.6 Å². The Balaban J connectivity index is 2.27. The standard InChI is InChI=1S/C17H28N2/c1-5-14-8-6-7-9-16(14)17(18-4)15-10-12(2)19-13(3)11-15/h10-11,14,16-18H,5-9H2,1-4H3. The molecule has 0 saturated heterocycles. The first-order chi connectivity index (χ1) is 9.15. The highest BCUT2D eigenvalue weighted by Gasteiger charge is 2.31. The number of nitrogens with zero attached hydrogens (tertiary/aromatic N) is 1. The van der Waals surface area contributed by atoms with E-state index >= 15 is 0 Å². The van der Waals surface area contributed by atoms with Crippen molar-refractivity contribution >= 4 is 0 Å². The fraction of sp³-hybridized carbons (Fsp3) is 0.706. The predicted octanol–water partition coefficient (Wildman–Crippen LogP) is 4.18. The van der Waals surface area contributed by atoms with Gasteiger partial charge in [0.05, 0.1) is 0 Å². The number of pyridine rings is 1. The lowest BCUT2D eigenvalue weighted by molar-refractivity contribution is 0.180. The second-order valence-electron chi connectivity index (χ2n) is 6.07. The van der Waals surface area contributed by atoms with Crippen molar-refractivity contribution in [3.8, 4) is 0 Å². The number of hydrogen-bond donors (Lipinski definition) is 1. The average molecular weight is 260 g/mol. The minimum Gasteiger partial charge on any atom is -0.313 e. The SMILES string of the molecule is CCC1CCCCC1C(NC)c1cc(C)nc(C)c1. The predicted molar refractivity (Wildman–Crippen MR) is 81.3 cm³/mol. The highest BCUT2D eigenvalue weighted by Crippen LogP contribution is 2.40. The molecule has 3 atom stereocenters. The zero-order valence-corrected chi connectivity index (χ0v) is 12.9. The molecular formula is C17H28N2. The summed E-state index contributed by atoms with van der Waals surface area (Å²) in [5.74, 6) is 1.66. The zero-order chi connectivity index (χ0) is 13.8. The number of hydrogen-bond acceptors (Lipinski definition) is 2. The van der Waals surface area contributed by atoms with Gasteiger partial charge in [-0.2, -0.15) is 0 Å². The third-order valence-electron chi connectivity index (χ3n) is 4.69. The van der Waals surface area contributed by atoms with Gasteiger partial charge in [0.15, 0.2) is 0 Å². The van der Waals surface area contributed by atoms with Crippen LogP contribution < -0.4 is 5.32 Å². The van der Waals surface area contributed by atoms with E-state index in [-0.39, 0.29) is 0 Å². The molecule has 0 bridgehead atoms. The largest absolute Gasteiger partial charge is 0.313 e. The Morgan fingerprint density at radius 3 is 2.42 bits per heavy atom. The molecular weight excluding hydrogens is 232 g/mol. The molecule has 1 N–H and O–H groups in total. The highest BCUT2D eigenvalue weighted by atomic mass is 14.9. The molecule has 0 aliphatic heterocycles. The van der Waals surface area contributed by atoms with E-state index in [0.717, 1.165) is 23.2 Å². The maximum Gasteiger partial charge on any atom is 0.0379 e. The van der Waals surface area contributed by atoms with E-state index in [9.17, 15) is 0 Å². The maximum atomic E-state index is 4.51. The Labute approximate surface area is 118 Å². The summed E-state index contributed by atoms with van der Waals surface area (Å²) in [6.45, 7) is 6.54. The molecule has 0 aromatic carbocycles. The van der Waals surface area contributed by atoms with Crippen molar-refractivity contribution in [2.75, 3.05) is 7.05 Å². The maximum absolute atomic E-state index is 4.51. The van der Waals surface area contributed by atoms with E-state index in [4.69, 9.17) is 0 Å². The van der Waals surface area contributed by atoms with Crippen molar-refractivity contribution in [2.24, 2.45) is 11.8 Å². The van der Waals surface area contributed by atoms with Crippen LogP contribution in [-0.2, 0) is 0 Å². The number of aryl methyl sites for hydroxylation is 2. The van der Waals surface area contributed by atoms with Crippen LogP contribution in [0, 0.1) is 25.7 Å². The number of rotatable bonds is 4. The molecule has 19 heavy (non-hydrogen) atoms. The van der Waals surface area contributed by atoms with Crippen molar-refractivity contribution in [3.63, 3.8) is 0 Å². The second-order valence-corrected chi connectivity index (χ2v) is 6.07. The van der Waals surface area contributed by atoms with E-state index in [1.807, 2.05) is 0 Å². The van der Waals surface area contributed by atoms with Crippen LogP contribution in [0.15, 0.2) is 12.1 Å². The lowest BCUT2D eigenvalue weighted by Crippen LogP contribution is -2.32. The van der Waals surface area contributed by atoms with Gasteiger partial charge < -0.3 is 5.32 Å². The van der Waals surface area contributed by atoms with E-state index in [1.165, 1.54) is 37.7 Å². The molecule has 0 radical (unpaired) electrons. The fourth-order valence-corrected chi connectivity index (χ4v) is 3.86. The molecule has 1 fully saturated rings. The van der Waals surface area contributed by atoms with Crippen molar-refractivity contribution in [1.82, 2.24) is 10.3 Å². The Hall–Kier alpha value is -0.890. The third-order valence-corrected chi connectivity index (χ3v) is 4.69. The third kappa shape index (κ3) is 3.36. The van der Waals surface area contributed by atoms with Gasteiger partial charge in [-0.3, -0.25) is 4.98 Å². The van der Waals surface area contributed by atoms with Gasteiger partial charge in [0.2, 0.25) is 0 Å². The van der Waals surface area contributed by atoms with Gasteiger partial charge in [-0.05, 0) is 56.8 Å². The van der Waals surface area contributed by atoms with Gasteiger partial charge in [0.1, 0.15) is 0 Å². The zero-order valence-electron chi connectivity index (χ0n) is 12.9. The summed E-state index contributed by atoms with van der Waals surface area (Å²) in [5, 5.41) is 3.58. The summed E-state index contributed by atoms with van der Waals surface area (Å²) in [6, 6.07) is 5.01. The topological polar surface area (TPSA) is 24.9 Å².